The molecular weight excluding hydrogens is 373 g/mol. The Balaban J connectivity index is 2.35. The van der Waals surface area contributed by atoms with E-state index in [1.807, 2.05) is 6.92 Å². The Hall–Kier alpha value is -1.31. The van der Waals surface area contributed by atoms with Crippen LogP contribution in [0.15, 0.2) is 18.2 Å². The van der Waals surface area contributed by atoms with Crippen LogP contribution in [0.4, 0.5) is 0 Å². The molecule has 1 aromatic rings. The topological polar surface area (TPSA) is 77.8 Å². The van der Waals surface area contributed by atoms with Gasteiger partial charge in [-0.2, -0.15) is 0 Å². The number of aliphatic carboxylic acids is 1. The van der Waals surface area contributed by atoms with E-state index in [4.69, 9.17) is 0 Å². The molecule has 0 spiro atoms. The quantitative estimate of drug-likeness (QED) is 0.762. The number of hydrogen-bond donors (Lipinski definition) is 2. The number of aromatic hydroxyl groups is 1. The molecule has 1 aromatic carbocycles. The molecule has 2 atom stereocenters. The third kappa shape index (κ3) is 2.89. The molecule has 0 radical (unpaired) electrons. The van der Waals surface area contributed by atoms with E-state index in [-0.39, 0.29) is 17.2 Å². The predicted molar refractivity (Wildman–Crippen MR) is 81.7 cm³/mol. The smallest absolute Gasteiger partial charge is 0.326 e. The van der Waals surface area contributed by atoms with E-state index in [1.54, 1.807) is 12.1 Å². The molecule has 2 unspecified atom stereocenters. The molecule has 0 aliphatic carbocycles. The predicted octanol–water partition coefficient (Wildman–Crippen LogP) is 2.32. The van der Waals surface area contributed by atoms with E-state index in [1.165, 1.54) is 11.0 Å². The highest BCUT2D eigenvalue weighted by Crippen LogP contribution is 2.28. The Bertz CT molecular complexity index is 546. The van der Waals surface area contributed by atoms with Gasteiger partial charge in [-0.05, 0) is 59.5 Å². The minimum atomic E-state index is -0.990. The number of rotatable bonds is 2. The van der Waals surface area contributed by atoms with Crippen molar-refractivity contribution in [2.45, 2.75) is 25.8 Å². The summed E-state index contributed by atoms with van der Waals surface area (Å²) in [7, 11) is 0. The van der Waals surface area contributed by atoms with Crippen LogP contribution in [0, 0.1) is 9.49 Å². The fraction of sp³-hybridized carbons (Fsp3) is 0.429. The molecule has 1 aliphatic heterocycles. The average Bonchev–Trinajstić information content (AvgIpc) is 2.40. The van der Waals surface area contributed by atoms with Crippen molar-refractivity contribution in [3.8, 4) is 5.75 Å². The summed E-state index contributed by atoms with van der Waals surface area (Å²) in [5.74, 6) is -1.61. The number of halogens is 1. The third-order valence-electron chi connectivity index (χ3n) is 3.64. The van der Waals surface area contributed by atoms with Crippen LogP contribution in [-0.2, 0) is 4.79 Å². The number of carboxylic acids is 1. The van der Waals surface area contributed by atoms with E-state index in [2.05, 4.69) is 22.6 Å². The summed E-state index contributed by atoms with van der Waals surface area (Å²) in [4.78, 5) is 25.3. The van der Waals surface area contributed by atoms with Crippen molar-refractivity contribution in [1.82, 2.24) is 4.90 Å². The van der Waals surface area contributed by atoms with Crippen molar-refractivity contribution in [2.24, 2.45) is 5.92 Å². The number of phenols is 1. The molecule has 2 N–H and O–H groups in total. The van der Waals surface area contributed by atoms with Crippen LogP contribution in [0.1, 0.15) is 30.1 Å². The van der Waals surface area contributed by atoms with Crippen molar-refractivity contribution in [3.05, 3.63) is 27.3 Å². The molecule has 108 valence electrons. The Morgan fingerprint density at radius 3 is 2.75 bits per heavy atom. The summed E-state index contributed by atoms with van der Waals surface area (Å²) in [6, 6.07) is 3.91. The maximum absolute atomic E-state index is 12.5. The van der Waals surface area contributed by atoms with Crippen molar-refractivity contribution < 1.29 is 19.8 Å². The van der Waals surface area contributed by atoms with E-state index in [9.17, 15) is 19.8 Å². The van der Waals surface area contributed by atoms with Crippen LogP contribution in [0.5, 0.6) is 5.75 Å². The van der Waals surface area contributed by atoms with E-state index in [0.717, 1.165) is 16.4 Å². The van der Waals surface area contributed by atoms with Gasteiger partial charge in [-0.25, -0.2) is 4.79 Å². The molecule has 5 nitrogen and oxygen atoms in total. The van der Waals surface area contributed by atoms with Gasteiger partial charge >= 0.3 is 5.97 Å². The first-order chi connectivity index (χ1) is 9.41. The highest BCUT2D eigenvalue weighted by molar-refractivity contribution is 14.1. The normalized spacial score (nSPS) is 22.6. The van der Waals surface area contributed by atoms with Gasteiger partial charge in [0.2, 0.25) is 0 Å². The molecule has 0 aromatic heterocycles. The van der Waals surface area contributed by atoms with Crippen molar-refractivity contribution in [3.63, 3.8) is 0 Å². The summed E-state index contributed by atoms with van der Waals surface area (Å²) in [6.07, 6.45) is 1.57. The van der Waals surface area contributed by atoms with Gasteiger partial charge in [0, 0.05) is 10.1 Å². The molecule has 0 saturated carbocycles. The van der Waals surface area contributed by atoms with E-state index in [0.29, 0.717) is 6.54 Å². The first-order valence-corrected chi connectivity index (χ1v) is 7.52. The van der Waals surface area contributed by atoms with Crippen LogP contribution in [0.25, 0.3) is 0 Å². The maximum Gasteiger partial charge on any atom is 0.326 e. The molecule has 1 heterocycles. The molecule has 1 saturated heterocycles. The number of likely N-dealkylation sites (tertiary alicyclic amines) is 1. The SMILES string of the molecule is CC1CCCN(C(=O)c2cc(I)ccc2O)C1C(=O)O. The molecular formula is C14H16INO4. The summed E-state index contributed by atoms with van der Waals surface area (Å²) in [6.45, 7) is 2.25. The van der Waals surface area contributed by atoms with Gasteiger partial charge in [0.15, 0.2) is 0 Å². The Kier molecular flexibility index (Phi) is 4.52. The number of nitrogens with zero attached hydrogens (tertiary/aromatic N) is 1. The number of hydrogen-bond acceptors (Lipinski definition) is 3. The summed E-state index contributed by atoms with van der Waals surface area (Å²) >= 11 is 2.05. The van der Waals surface area contributed by atoms with Crippen LogP contribution in [0.2, 0.25) is 0 Å². The van der Waals surface area contributed by atoms with Crippen LogP contribution >= 0.6 is 22.6 Å². The number of benzene rings is 1. The largest absolute Gasteiger partial charge is 0.507 e. The lowest BCUT2D eigenvalue weighted by Crippen LogP contribution is -2.51. The van der Waals surface area contributed by atoms with Crippen molar-refractivity contribution in [2.75, 3.05) is 6.54 Å². The van der Waals surface area contributed by atoms with Gasteiger partial charge in [-0.15, -0.1) is 0 Å². The lowest BCUT2D eigenvalue weighted by atomic mass is 9.90. The van der Waals surface area contributed by atoms with Crippen LogP contribution in [-0.4, -0.2) is 39.6 Å². The van der Waals surface area contributed by atoms with Crippen molar-refractivity contribution >= 4 is 34.5 Å². The average molecular weight is 389 g/mol. The monoisotopic (exact) mass is 389 g/mol. The van der Waals surface area contributed by atoms with Gasteiger partial charge in [-0.3, -0.25) is 4.79 Å². The molecule has 1 amide bonds. The molecule has 1 fully saturated rings. The third-order valence-corrected chi connectivity index (χ3v) is 4.31. The second-order valence-corrected chi connectivity index (χ2v) is 6.31. The van der Waals surface area contributed by atoms with Gasteiger partial charge < -0.3 is 15.1 Å². The first kappa shape index (κ1) is 15.1. The van der Waals surface area contributed by atoms with E-state index < -0.39 is 17.9 Å². The fourth-order valence-electron chi connectivity index (χ4n) is 2.63. The van der Waals surface area contributed by atoms with Gasteiger partial charge in [0.1, 0.15) is 11.8 Å². The van der Waals surface area contributed by atoms with Crippen molar-refractivity contribution in [1.29, 1.82) is 0 Å². The van der Waals surface area contributed by atoms with Crippen LogP contribution in [0.3, 0.4) is 0 Å². The zero-order valence-electron chi connectivity index (χ0n) is 11.0. The number of carboxylic acid groups (broad SMARTS) is 1. The lowest BCUT2D eigenvalue weighted by molar-refractivity contribution is -0.145. The van der Waals surface area contributed by atoms with Crippen LogP contribution < -0.4 is 0 Å². The van der Waals surface area contributed by atoms with Gasteiger partial charge in [0.25, 0.3) is 5.91 Å². The standard InChI is InChI=1S/C14H16INO4/c1-8-3-2-6-16(12(8)14(19)20)13(18)10-7-9(15)4-5-11(10)17/h4-5,7-8,12,17H,2-3,6H2,1H3,(H,19,20). The number of amides is 1. The molecule has 1 aliphatic rings. The highest BCUT2D eigenvalue weighted by Gasteiger charge is 2.37. The lowest BCUT2D eigenvalue weighted by Gasteiger charge is -2.37. The summed E-state index contributed by atoms with van der Waals surface area (Å²) < 4.78 is 0.820. The molecule has 20 heavy (non-hydrogen) atoms. The maximum atomic E-state index is 12.5. The fourth-order valence-corrected chi connectivity index (χ4v) is 3.12. The van der Waals surface area contributed by atoms with Gasteiger partial charge in [0.05, 0.1) is 5.56 Å². The number of carbonyl (C=O) groups is 2. The summed E-state index contributed by atoms with van der Waals surface area (Å²) in [5, 5.41) is 19.2. The zero-order chi connectivity index (χ0) is 14.9. The first-order valence-electron chi connectivity index (χ1n) is 6.44. The Labute approximate surface area is 130 Å². The Morgan fingerprint density at radius 1 is 1.40 bits per heavy atom. The number of phenolic OH excluding ortho intramolecular Hbond substituents is 1. The zero-order valence-corrected chi connectivity index (χ0v) is 13.2. The summed E-state index contributed by atoms with van der Waals surface area (Å²) in [5.41, 5.74) is 0.164. The molecule has 6 heteroatoms. The minimum absolute atomic E-state index is 0.0878. The second kappa shape index (κ2) is 5.99. The Morgan fingerprint density at radius 2 is 2.10 bits per heavy atom. The second-order valence-electron chi connectivity index (χ2n) is 5.06. The number of carbonyl (C=O) groups excluding carboxylic acids is 1. The number of piperidine rings is 1. The molecule has 0 bridgehead atoms. The molecule has 2 rings (SSSR count). The van der Waals surface area contributed by atoms with E-state index >= 15 is 0 Å². The highest BCUT2D eigenvalue weighted by atomic mass is 127. The minimum Gasteiger partial charge on any atom is -0.507 e. The van der Waals surface area contributed by atoms with Gasteiger partial charge in [-0.1, -0.05) is 6.92 Å².